The van der Waals surface area contributed by atoms with Crippen LogP contribution in [0.5, 0.6) is 0 Å². The maximum absolute atomic E-state index is 12.7. The molecule has 0 bridgehead atoms. The van der Waals surface area contributed by atoms with E-state index in [4.69, 9.17) is 8.83 Å². The summed E-state index contributed by atoms with van der Waals surface area (Å²) in [5.74, 6) is 0.738. The van der Waals surface area contributed by atoms with Crippen molar-refractivity contribution in [3.63, 3.8) is 0 Å². The predicted octanol–water partition coefficient (Wildman–Crippen LogP) is 2.78. The molecule has 0 N–H and O–H groups in total. The Balaban J connectivity index is 2.88. The summed E-state index contributed by atoms with van der Waals surface area (Å²) in [5.41, 5.74) is 1.44. The van der Waals surface area contributed by atoms with Crippen LogP contribution in [-0.2, 0) is 0 Å². The standard InChI is InChI=1S/C8H7FO2/c1-4-3-6-7(10-4)5(2)8(9)11-6/h3H,1-2H3. The molecule has 0 aliphatic rings. The van der Waals surface area contributed by atoms with Gasteiger partial charge in [0.1, 0.15) is 5.76 Å². The van der Waals surface area contributed by atoms with Crippen LogP contribution in [0.4, 0.5) is 4.39 Å². The molecule has 0 spiro atoms. The third-order valence-electron chi connectivity index (χ3n) is 1.66. The average Bonchev–Trinajstić information content (AvgIpc) is 2.37. The molecule has 2 rings (SSSR count). The lowest BCUT2D eigenvalue weighted by Gasteiger charge is -1.81. The van der Waals surface area contributed by atoms with Crippen LogP contribution in [0.15, 0.2) is 14.9 Å². The lowest BCUT2D eigenvalue weighted by molar-refractivity contribution is 0.376. The molecule has 2 aromatic heterocycles. The van der Waals surface area contributed by atoms with Crippen molar-refractivity contribution < 1.29 is 13.2 Å². The second-order valence-electron chi connectivity index (χ2n) is 2.55. The summed E-state index contributed by atoms with van der Waals surface area (Å²) in [6.45, 7) is 3.43. The van der Waals surface area contributed by atoms with Gasteiger partial charge in [-0.25, -0.2) is 0 Å². The van der Waals surface area contributed by atoms with Gasteiger partial charge in [0, 0.05) is 6.07 Å². The van der Waals surface area contributed by atoms with Gasteiger partial charge in [-0.15, -0.1) is 0 Å². The van der Waals surface area contributed by atoms with Crippen molar-refractivity contribution >= 4 is 11.2 Å². The van der Waals surface area contributed by atoms with E-state index in [1.165, 1.54) is 0 Å². The maximum atomic E-state index is 12.7. The van der Waals surface area contributed by atoms with Crippen molar-refractivity contribution in [2.45, 2.75) is 13.8 Å². The molecule has 58 valence electrons. The number of halogens is 1. The minimum absolute atomic E-state index is 0.438. The Morgan fingerprint density at radius 2 is 2.00 bits per heavy atom. The molecule has 0 aliphatic carbocycles. The average molecular weight is 154 g/mol. The van der Waals surface area contributed by atoms with Gasteiger partial charge < -0.3 is 8.83 Å². The number of aryl methyl sites for hydroxylation is 2. The first kappa shape index (κ1) is 6.46. The van der Waals surface area contributed by atoms with Crippen molar-refractivity contribution in [1.82, 2.24) is 0 Å². The summed E-state index contributed by atoms with van der Waals surface area (Å²) in [6, 6.07) is 1.12. The monoisotopic (exact) mass is 154 g/mol. The highest BCUT2D eigenvalue weighted by Gasteiger charge is 2.13. The van der Waals surface area contributed by atoms with Gasteiger partial charge in [0.15, 0.2) is 11.2 Å². The molecule has 3 heteroatoms. The Bertz CT molecular complexity index is 397. The van der Waals surface area contributed by atoms with Crippen LogP contribution in [0.25, 0.3) is 11.2 Å². The fraction of sp³-hybridized carbons (Fsp3) is 0.250. The number of rotatable bonds is 0. The van der Waals surface area contributed by atoms with E-state index < -0.39 is 6.01 Å². The van der Waals surface area contributed by atoms with Gasteiger partial charge in [-0.05, 0) is 13.8 Å². The fourth-order valence-corrected chi connectivity index (χ4v) is 1.09. The highest BCUT2D eigenvalue weighted by atomic mass is 19.1. The molecule has 2 nitrogen and oxygen atoms in total. The zero-order valence-corrected chi connectivity index (χ0v) is 6.27. The van der Waals surface area contributed by atoms with Crippen LogP contribution in [0.1, 0.15) is 11.3 Å². The van der Waals surface area contributed by atoms with Gasteiger partial charge in [-0.1, -0.05) is 0 Å². The third kappa shape index (κ3) is 0.770. The van der Waals surface area contributed by atoms with E-state index in [1.807, 2.05) is 0 Å². The minimum atomic E-state index is -0.557. The van der Waals surface area contributed by atoms with Crippen LogP contribution in [-0.4, -0.2) is 0 Å². The molecule has 0 saturated carbocycles. The molecule has 0 unspecified atom stereocenters. The normalized spacial score (nSPS) is 11.2. The molecule has 0 atom stereocenters. The third-order valence-corrected chi connectivity index (χ3v) is 1.66. The summed E-state index contributed by atoms with van der Waals surface area (Å²) in [4.78, 5) is 0. The zero-order chi connectivity index (χ0) is 8.01. The van der Waals surface area contributed by atoms with E-state index in [-0.39, 0.29) is 0 Å². The Labute approximate surface area is 62.6 Å². The maximum Gasteiger partial charge on any atom is 0.285 e. The Kier molecular flexibility index (Phi) is 1.10. The highest BCUT2D eigenvalue weighted by molar-refractivity contribution is 5.75. The summed E-state index contributed by atoms with van der Waals surface area (Å²) in [6.07, 6.45) is 0. The van der Waals surface area contributed by atoms with E-state index in [0.29, 0.717) is 16.7 Å². The Morgan fingerprint density at radius 1 is 1.27 bits per heavy atom. The Hall–Kier alpha value is -1.25. The van der Waals surface area contributed by atoms with Crippen molar-refractivity contribution in [3.8, 4) is 0 Å². The number of hydrogen-bond donors (Lipinski definition) is 0. The first-order chi connectivity index (χ1) is 5.18. The first-order valence-electron chi connectivity index (χ1n) is 3.33. The summed E-state index contributed by atoms with van der Waals surface area (Å²) in [5, 5.41) is 0. The van der Waals surface area contributed by atoms with E-state index in [9.17, 15) is 4.39 Å². The van der Waals surface area contributed by atoms with Crippen molar-refractivity contribution in [2.24, 2.45) is 0 Å². The van der Waals surface area contributed by atoms with Crippen LogP contribution in [0.2, 0.25) is 0 Å². The number of furan rings is 2. The molecule has 2 heterocycles. The van der Waals surface area contributed by atoms with E-state index >= 15 is 0 Å². The van der Waals surface area contributed by atoms with E-state index in [0.717, 1.165) is 5.76 Å². The van der Waals surface area contributed by atoms with Crippen LogP contribution < -0.4 is 0 Å². The van der Waals surface area contributed by atoms with Gasteiger partial charge in [0.2, 0.25) is 0 Å². The molecular formula is C8H7FO2. The second kappa shape index (κ2) is 1.87. The van der Waals surface area contributed by atoms with Crippen molar-refractivity contribution in [2.75, 3.05) is 0 Å². The van der Waals surface area contributed by atoms with E-state index in [1.54, 1.807) is 19.9 Å². The van der Waals surface area contributed by atoms with Gasteiger partial charge in [-0.2, -0.15) is 4.39 Å². The molecule has 0 radical (unpaired) electrons. The van der Waals surface area contributed by atoms with Gasteiger partial charge in [-0.3, -0.25) is 0 Å². The molecule has 0 fully saturated rings. The SMILES string of the molecule is Cc1cc2oc(F)c(C)c2o1. The van der Waals surface area contributed by atoms with Crippen molar-refractivity contribution in [3.05, 3.63) is 23.4 Å². The lowest BCUT2D eigenvalue weighted by Crippen LogP contribution is -1.69. The van der Waals surface area contributed by atoms with E-state index in [2.05, 4.69) is 0 Å². The van der Waals surface area contributed by atoms with Crippen LogP contribution in [0, 0.1) is 19.9 Å². The van der Waals surface area contributed by atoms with Crippen molar-refractivity contribution in [1.29, 1.82) is 0 Å². The molecule has 0 saturated heterocycles. The second-order valence-corrected chi connectivity index (χ2v) is 2.55. The quantitative estimate of drug-likeness (QED) is 0.583. The summed E-state index contributed by atoms with van der Waals surface area (Å²) in [7, 11) is 0. The molecule has 0 aromatic carbocycles. The zero-order valence-electron chi connectivity index (χ0n) is 6.27. The molecule has 2 aromatic rings. The highest BCUT2D eigenvalue weighted by Crippen LogP contribution is 2.26. The fourth-order valence-electron chi connectivity index (χ4n) is 1.09. The van der Waals surface area contributed by atoms with Gasteiger partial charge in [0.25, 0.3) is 6.01 Å². The Morgan fingerprint density at radius 3 is 2.64 bits per heavy atom. The van der Waals surface area contributed by atoms with Gasteiger partial charge >= 0.3 is 0 Å². The summed E-state index contributed by atoms with van der Waals surface area (Å²) < 4.78 is 22.6. The van der Waals surface area contributed by atoms with Crippen LogP contribution >= 0.6 is 0 Å². The summed E-state index contributed by atoms with van der Waals surface area (Å²) >= 11 is 0. The largest absolute Gasteiger partial charge is 0.457 e. The molecule has 0 aliphatic heterocycles. The van der Waals surface area contributed by atoms with Crippen LogP contribution in [0.3, 0.4) is 0 Å². The van der Waals surface area contributed by atoms with Gasteiger partial charge in [0.05, 0.1) is 5.56 Å². The molecule has 0 amide bonds. The smallest absolute Gasteiger partial charge is 0.285 e. The minimum Gasteiger partial charge on any atom is -0.457 e. The lowest BCUT2D eigenvalue weighted by atomic mass is 10.3. The number of fused-ring (bicyclic) bond motifs is 1. The molecule has 11 heavy (non-hydrogen) atoms. The topological polar surface area (TPSA) is 26.3 Å². The molecular weight excluding hydrogens is 147 g/mol. The number of hydrogen-bond acceptors (Lipinski definition) is 2. The predicted molar refractivity (Wildman–Crippen MR) is 37.9 cm³/mol. The first-order valence-corrected chi connectivity index (χ1v) is 3.33.